The van der Waals surface area contributed by atoms with Gasteiger partial charge in [-0.15, -0.1) is 0 Å². The molecule has 2 aliphatic carbocycles. The van der Waals surface area contributed by atoms with E-state index in [1.54, 1.807) is 11.1 Å². The molecular formula is C22H37NO2. The van der Waals surface area contributed by atoms with E-state index in [0.717, 1.165) is 13.2 Å². The van der Waals surface area contributed by atoms with Crippen LogP contribution in [-0.2, 0) is 9.47 Å². The Bertz CT molecular complexity index is 506. The number of rotatable bonds is 3. The third-order valence-electron chi connectivity index (χ3n) is 7.30. The van der Waals surface area contributed by atoms with Gasteiger partial charge in [-0.1, -0.05) is 38.3 Å². The van der Waals surface area contributed by atoms with Gasteiger partial charge in [0.1, 0.15) is 0 Å². The smallest absolute Gasteiger partial charge is 0.161 e. The Hall–Kier alpha value is -0.380. The molecule has 0 spiro atoms. The number of likely N-dealkylation sites (tertiary alicyclic amines) is 1. The molecular weight excluding hydrogens is 310 g/mol. The first kappa shape index (κ1) is 18.0. The van der Waals surface area contributed by atoms with E-state index in [9.17, 15) is 0 Å². The van der Waals surface area contributed by atoms with Crippen molar-refractivity contribution in [2.24, 2.45) is 17.3 Å². The summed E-state index contributed by atoms with van der Waals surface area (Å²) >= 11 is 0. The zero-order chi connectivity index (χ0) is 17.4. The van der Waals surface area contributed by atoms with Crippen molar-refractivity contribution >= 4 is 0 Å². The number of nitrogens with zero attached hydrogens (tertiary/aromatic N) is 1. The average molecular weight is 348 g/mol. The van der Waals surface area contributed by atoms with Crippen LogP contribution in [0.2, 0.25) is 0 Å². The van der Waals surface area contributed by atoms with Gasteiger partial charge in [-0.25, -0.2) is 0 Å². The lowest BCUT2D eigenvalue weighted by atomic mass is 9.63. The van der Waals surface area contributed by atoms with Crippen LogP contribution in [0.25, 0.3) is 0 Å². The van der Waals surface area contributed by atoms with Crippen molar-refractivity contribution in [3.63, 3.8) is 0 Å². The molecule has 0 unspecified atom stereocenters. The summed E-state index contributed by atoms with van der Waals surface area (Å²) in [7, 11) is 0. The molecule has 0 bridgehead atoms. The molecule has 0 amide bonds. The first-order valence-corrected chi connectivity index (χ1v) is 10.7. The molecule has 0 aromatic rings. The normalized spacial score (nSPS) is 39.5. The molecule has 2 aliphatic heterocycles. The molecule has 4 atom stereocenters. The summed E-state index contributed by atoms with van der Waals surface area (Å²) in [5.74, 6) is 1.23. The molecule has 0 aromatic heterocycles. The average Bonchev–Trinajstić information content (AvgIpc) is 3.03. The Morgan fingerprint density at radius 1 is 1.08 bits per heavy atom. The lowest BCUT2D eigenvalue weighted by Gasteiger charge is -2.44. The third-order valence-corrected chi connectivity index (χ3v) is 7.30. The lowest BCUT2D eigenvalue weighted by molar-refractivity contribution is -0.115. The second kappa shape index (κ2) is 7.32. The van der Waals surface area contributed by atoms with E-state index in [0.29, 0.717) is 17.3 Å². The molecule has 25 heavy (non-hydrogen) atoms. The molecule has 2 fully saturated rings. The van der Waals surface area contributed by atoms with E-state index in [4.69, 9.17) is 9.47 Å². The molecule has 2 saturated heterocycles. The monoisotopic (exact) mass is 347 g/mol. The minimum absolute atomic E-state index is 0.0246. The van der Waals surface area contributed by atoms with Gasteiger partial charge >= 0.3 is 0 Å². The maximum Gasteiger partial charge on any atom is 0.161 e. The van der Waals surface area contributed by atoms with E-state index in [-0.39, 0.29) is 12.4 Å². The van der Waals surface area contributed by atoms with Gasteiger partial charge in [-0.3, -0.25) is 0 Å². The number of hydrogen-bond acceptors (Lipinski definition) is 3. The second-order valence-corrected chi connectivity index (χ2v) is 9.69. The Labute approximate surface area is 154 Å². The zero-order valence-electron chi connectivity index (χ0n) is 16.6. The van der Waals surface area contributed by atoms with Crippen LogP contribution in [0.1, 0.15) is 72.1 Å². The van der Waals surface area contributed by atoms with Crippen LogP contribution in [0.5, 0.6) is 0 Å². The summed E-state index contributed by atoms with van der Waals surface area (Å²) in [6, 6.07) is 0. The molecule has 2 heterocycles. The highest BCUT2D eigenvalue weighted by Gasteiger charge is 2.42. The van der Waals surface area contributed by atoms with Crippen LogP contribution in [0, 0.1) is 17.3 Å². The number of allylic oxidation sites excluding steroid dienone is 2. The van der Waals surface area contributed by atoms with Gasteiger partial charge in [-0.2, -0.15) is 0 Å². The maximum absolute atomic E-state index is 6.44. The predicted octanol–water partition coefficient (Wildman–Crippen LogP) is 4.77. The van der Waals surface area contributed by atoms with Gasteiger partial charge < -0.3 is 14.4 Å². The SMILES string of the molecule is C[C@H]1CC2=C(C[C@H]1[C@@H]1OC[C@H](CN3CCCCC3)O1)C(C)(C)CCC2. The van der Waals surface area contributed by atoms with Crippen molar-refractivity contribution in [2.45, 2.75) is 84.5 Å². The summed E-state index contributed by atoms with van der Waals surface area (Å²) in [5, 5.41) is 0. The Kier molecular flexibility index (Phi) is 5.28. The molecule has 0 radical (unpaired) electrons. The molecule has 3 heteroatoms. The van der Waals surface area contributed by atoms with E-state index < -0.39 is 0 Å². The Morgan fingerprint density at radius 2 is 1.88 bits per heavy atom. The Balaban J connectivity index is 1.38. The van der Waals surface area contributed by atoms with Gasteiger partial charge in [0.05, 0.1) is 12.7 Å². The summed E-state index contributed by atoms with van der Waals surface area (Å²) < 4.78 is 12.6. The van der Waals surface area contributed by atoms with Crippen molar-refractivity contribution in [2.75, 3.05) is 26.2 Å². The molecule has 3 nitrogen and oxygen atoms in total. The first-order valence-electron chi connectivity index (χ1n) is 10.7. The van der Waals surface area contributed by atoms with Crippen molar-refractivity contribution in [1.82, 2.24) is 4.90 Å². The lowest BCUT2D eigenvalue weighted by Crippen LogP contribution is -2.39. The molecule has 4 rings (SSSR count). The number of hydrogen-bond donors (Lipinski definition) is 0. The highest BCUT2D eigenvalue weighted by molar-refractivity contribution is 5.27. The fourth-order valence-corrected chi connectivity index (χ4v) is 5.73. The van der Waals surface area contributed by atoms with E-state index in [2.05, 4.69) is 25.7 Å². The highest BCUT2D eigenvalue weighted by Crippen LogP contribution is 2.50. The van der Waals surface area contributed by atoms with Crippen molar-refractivity contribution in [3.05, 3.63) is 11.1 Å². The largest absolute Gasteiger partial charge is 0.350 e. The van der Waals surface area contributed by atoms with Crippen molar-refractivity contribution in [1.29, 1.82) is 0 Å². The van der Waals surface area contributed by atoms with Crippen molar-refractivity contribution < 1.29 is 9.47 Å². The van der Waals surface area contributed by atoms with Crippen molar-refractivity contribution in [3.8, 4) is 0 Å². The molecule has 0 N–H and O–H groups in total. The summed E-state index contributed by atoms with van der Waals surface area (Å²) in [4.78, 5) is 2.58. The molecule has 142 valence electrons. The second-order valence-electron chi connectivity index (χ2n) is 9.69. The van der Waals surface area contributed by atoms with Crippen LogP contribution in [-0.4, -0.2) is 43.5 Å². The summed E-state index contributed by atoms with van der Waals surface area (Å²) in [6.45, 7) is 11.7. The van der Waals surface area contributed by atoms with Crippen LogP contribution in [0.4, 0.5) is 0 Å². The van der Waals surface area contributed by atoms with Gasteiger partial charge in [0.15, 0.2) is 6.29 Å². The Morgan fingerprint density at radius 3 is 2.68 bits per heavy atom. The third kappa shape index (κ3) is 3.84. The predicted molar refractivity (Wildman–Crippen MR) is 101 cm³/mol. The zero-order valence-corrected chi connectivity index (χ0v) is 16.6. The quantitative estimate of drug-likeness (QED) is 0.687. The highest BCUT2D eigenvalue weighted by atomic mass is 16.7. The van der Waals surface area contributed by atoms with E-state index in [1.807, 2.05) is 0 Å². The van der Waals surface area contributed by atoms with Crippen LogP contribution in [0.3, 0.4) is 0 Å². The van der Waals surface area contributed by atoms with Gasteiger partial charge in [-0.05, 0) is 69.4 Å². The van der Waals surface area contributed by atoms with Crippen LogP contribution >= 0.6 is 0 Å². The molecule has 0 saturated carbocycles. The van der Waals surface area contributed by atoms with Crippen LogP contribution < -0.4 is 0 Å². The van der Waals surface area contributed by atoms with Gasteiger partial charge in [0.25, 0.3) is 0 Å². The first-order chi connectivity index (χ1) is 12.0. The van der Waals surface area contributed by atoms with E-state index in [1.165, 1.54) is 64.5 Å². The minimum Gasteiger partial charge on any atom is -0.350 e. The van der Waals surface area contributed by atoms with Gasteiger partial charge in [0.2, 0.25) is 0 Å². The van der Waals surface area contributed by atoms with Gasteiger partial charge in [0, 0.05) is 12.5 Å². The molecule has 0 aromatic carbocycles. The summed E-state index contributed by atoms with van der Waals surface area (Å²) in [6.07, 6.45) is 10.9. The maximum atomic E-state index is 6.44. The molecule has 4 aliphatic rings. The minimum atomic E-state index is 0.0246. The number of piperidine rings is 1. The van der Waals surface area contributed by atoms with E-state index >= 15 is 0 Å². The summed E-state index contributed by atoms with van der Waals surface area (Å²) in [5.41, 5.74) is 3.90. The fourth-order valence-electron chi connectivity index (χ4n) is 5.73. The van der Waals surface area contributed by atoms with Crippen LogP contribution in [0.15, 0.2) is 11.1 Å². The number of ether oxygens (including phenoxy) is 2. The topological polar surface area (TPSA) is 21.7 Å². The standard InChI is InChI=1S/C22H37NO2/c1-16-12-17-8-7-9-22(2,3)20(17)13-19(16)21-24-15-18(25-21)14-23-10-5-4-6-11-23/h16,18-19,21H,4-15H2,1-3H3/t16-,18-,19+,21+/m0/s1. The fraction of sp³-hybridized carbons (Fsp3) is 0.909.